The fourth-order valence-corrected chi connectivity index (χ4v) is 0.250. The summed E-state index contributed by atoms with van der Waals surface area (Å²) in [6, 6.07) is 0. The lowest BCUT2D eigenvalue weighted by Crippen LogP contribution is -2.27. The zero-order valence-corrected chi connectivity index (χ0v) is 16.6. The molecule has 0 unspecified atom stereocenters. The minimum Gasteiger partial charge on any atom is -0.412 e. The van der Waals surface area contributed by atoms with E-state index in [1.165, 1.54) is 0 Å². The van der Waals surface area contributed by atoms with Crippen LogP contribution in [0.3, 0.4) is 0 Å². The molecule has 6 heteroatoms. The van der Waals surface area contributed by atoms with E-state index in [1.807, 2.05) is 41.5 Å². The van der Waals surface area contributed by atoms with Gasteiger partial charge < -0.3 is 10.6 Å². The molecule has 0 aliphatic rings. The van der Waals surface area contributed by atoms with Crippen LogP contribution < -0.4 is 0 Å². The van der Waals surface area contributed by atoms with E-state index in [4.69, 9.17) is 20.1 Å². The van der Waals surface area contributed by atoms with Crippen molar-refractivity contribution >= 4 is 0 Å². The van der Waals surface area contributed by atoms with Gasteiger partial charge in [-0.3, -0.25) is 5.26 Å². The molecule has 4 N–H and O–H groups in total. The van der Waals surface area contributed by atoms with Crippen molar-refractivity contribution in [2.24, 2.45) is 0 Å². The summed E-state index contributed by atoms with van der Waals surface area (Å²) in [5.74, 6) is 0. The van der Waals surface area contributed by atoms with Crippen LogP contribution >= 0.6 is 0 Å². The summed E-state index contributed by atoms with van der Waals surface area (Å²) in [4.78, 5) is 14.1. The van der Waals surface area contributed by atoms with Crippen LogP contribution in [0.2, 0.25) is 0 Å². The van der Waals surface area contributed by atoms with Crippen LogP contribution in [0.25, 0.3) is 0 Å². The van der Waals surface area contributed by atoms with E-state index >= 15 is 0 Å². The van der Waals surface area contributed by atoms with Gasteiger partial charge in [-0.25, -0.2) is 14.7 Å². The lowest BCUT2D eigenvalue weighted by Gasteiger charge is -2.24. The fourth-order valence-electron chi connectivity index (χ4n) is 0.250. The highest BCUT2D eigenvalue weighted by Gasteiger charge is 2.18. The highest BCUT2D eigenvalue weighted by Crippen LogP contribution is 2.14. The average molecular weight is 328 g/mol. The molecule has 0 aromatic carbocycles. The van der Waals surface area contributed by atoms with Crippen molar-refractivity contribution in [3.63, 3.8) is 0 Å². The molecule has 0 atom stereocenters. The van der Waals surface area contributed by atoms with E-state index in [0.29, 0.717) is 0 Å². The smallest absolute Gasteiger partial charge is 0.0952 e. The molecule has 6 nitrogen and oxygen atoms in total. The molecular weight excluding hydrogens is 288 g/mol. The van der Waals surface area contributed by atoms with Crippen LogP contribution in [0, 0.1) is 0 Å². The summed E-state index contributed by atoms with van der Waals surface area (Å²) < 4.78 is 0. The Morgan fingerprint density at radius 1 is 0.545 bits per heavy atom. The molecule has 0 aliphatic heterocycles. The van der Waals surface area contributed by atoms with E-state index < -0.39 is 11.2 Å². The topological polar surface area (TPSA) is 99.7 Å². The standard InChI is InChI=1S/C8H18O2.C4H10O2.C4H10O.H2O/c1-7(2,3)9-10-8(4,5)6;1-4(2,3)6-5;1-4(2,3)5;/h1-6H3;5H,1-3H3;5H,1-3H3;1H2. The van der Waals surface area contributed by atoms with Gasteiger partial charge in [0, 0.05) is 0 Å². The predicted octanol–water partition coefficient (Wildman–Crippen LogP) is 3.76. The van der Waals surface area contributed by atoms with Crippen LogP contribution in [0.5, 0.6) is 0 Å². The summed E-state index contributed by atoms with van der Waals surface area (Å²) in [6.45, 7) is 22.3. The number of hydrogen-bond acceptors (Lipinski definition) is 5. The minimum absolute atomic E-state index is 0. The Balaban J connectivity index is -0.000000117. The van der Waals surface area contributed by atoms with Gasteiger partial charge in [0.15, 0.2) is 0 Å². The Labute approximate surface area is 136 Å². The molecular formula is C16H40O6. The van der Waals surface area contributed by atoms with Gasteiger partial charge in [0.05, 0.1) is 22.4 Å². The normalized spacial score (nSPS) is 12.3. The highest BCUT2D eigenvalue weighted by atomic mass is 17.2. The van der Waals surface area contributed by atoms with Gasteiger partial charge in [0.25, 0.3) is 0 Å². The molecule has 0 saturated carbocycles. The second-order valence-electron chi connectivity index (χ2n) is 8.77. The summed E-state index contributed by atoms with van der Waals surface area (Å²) in [5.41, 5.74) is -1.33. The lowest BCUT2D eigenvalue weighted by atomic mass is 10.2. The molecule has 0 radical (unpaired) electrons. The van der Waals surface area contributed by atoms with Crippen LogP contribution in [0.4, 0.5) is 0 Å². The Bertz CT molecular complexity index is 217. The highest BCUT2D eigenvalue weighted by molar-refractivity contribution is 4.58. The quantitative estimate of drug-likeness (QED) is 0.564. The van der Waals surface area contributed by atoms with Crippen molar-refractivity contribution < 1.29 is 30.5 Å². The third-order valence-corrected chi connectivity index (χ3v) is 0.816. The van der Waals surface area contributed by atoms with Crippen molar-refractivity contribution in [1.82, 2.24) is 0 Å². The van der Waals surface area contributed by atoms with E-state index in [-0.39, 0.29) is 16.7 Å². The van der Waals surface area contributed by atoms with E-state index in [1.54, 1.807) is 41.5 Å². The van der Waals surface area contributed by atoms with Crippen LogP contribution in [0.1, 0.15) is 83.1 Å². The first-order chi connectivity index (χ1) is 8.77. The van der Waals surface area contributed by atoms with Crippen molar-refractivity contribution in [3.8, 4) is 0 Å². The summed E-state index contributed by atoms with van der Waals surface area (Å²) >= 11 is 0. The molecule has 0 bridgehead atoms. The first kappa shape index (κ1) is 29.7. The third kappa shape index (κ3) is 73.0. The summed E-state index contributed by atoms with van der Waals surface area (Å²) in [6.07, 6.45) is 0. The van der Waals surface area contributed by atoms with Crippen molar-refractivity contribution in [3.05, 3.63) is 0 Å². The first-order valence-electron chi connectivity index (χ1n) is 7.19. The monoisotopic (exact) mass is 328 g/mol. The van der Waals surface area contributed by atoms with Crippen molar-refractivity contribution in [2.75, 3.05) is 0 Å². The molecule has 0 fully saturated rings. The molecule has 0 amide bonds. The second kappa shape index (κ2) is 11.3. The van der Waals surface area contributed by atoms with Crippen LogP contribution in [-0.2, 0) is 14.7 Å². The molecule has 0 rings (SSSR count). The van der Waals surface area contributed by atoms with Gasteiger partial charge in [-0.1, -0.05) is 0 Å². The summed E-state index contributed by atoms with van der Waals surface area (Å²) in [5, 5.41) is 16.4. The maximum Gasteiger partial charge on any atom is 0.0952 e. The lowest BCUT2D eigenvalue weighted by molar-refractivity contribution is -0.393. The maximum atomic E-state index is 8.52. The van der Waals surface area contributed by atoms with E-state index in [0.717, 1.165) is 0 Å². The first-order valence-corrected chi connectivity index (χ1v) is 7.19. The van der Waals surface area contributed by atoms with Gasteiger partial charge in [0.1, 0.15) is 0 Å². The van der Waals surface area contributed by atoms with Crippen molar-refractivity contribution in [1.29, 1.82) is 0 Å². The number of hydrogen-bond donors (Lipinski definition) is 2. The summed E-state index contributed by atoms with van der Waals surface area (Å²) in [7, 11) is 0. The molecule has 22 heavy (non-hydrogen) atoms. The number of aliphatic hydroxyl groups is 1. The van der Waals surface area contributed by atoms with Crippen molar-refractivity contribution in [2.45, 2.75) is 105 Å². The van der Waals surface area contributed by atoms with Gasteiger partial charge in [-0.2, -0.15) is 0 Å². The maximum absolute atomic E-state index is 8.52. The Morgan fingerprint density at radius 2 is 0.682 bits per heavy atom. The van der Waals surface area contributed by atoms with Gasteiger partial charge >= 0.3 is 0 Å². The molecule has 0 aromatic heterocycles. The second-order valence-corrected chi connectivity index (χ2v) is 8.77. The molecule has 0 aromatic rings. The average Bonchev–Trinajstić information content (AvgIpc) is 2.10. The zero-order chi connectivity index (χ0) is 18.1. The molecule has 140 valence electrons. The molecule has 0 saturated heterocycles. The predicted molar refractivity (Wildman–Crippen MR) is 90.7 cm³/mol. The van der Waals surface area contributed by atoms with Gasteiger partial charge in [0.2, 0.25) is 0 Å². The van der Waals surface area contributed by atoms with Crippen LogP contribution in [-0.4, -0.2) is 38.2 Å². The fraction of sp³-hybridized carbons (Fsp3) is 1.00. The van der Waals surface area contributed by atoms with E-state index in [9.17, 15) is 0 Å². The Kier molecular flexibility index (Phi) is 15.3. The Morgan fingerprint density at radius 3 is 0.727 bits per heavy atom. The molecule has 0 aliphatic carbocycles. The van der Waals surface area contributed by atoms with E-state index in [2.05, 4.69) is 4.89 Å². The minimum atomic E-state index is -0.500. The SMILES string of the molecule is CC(C)(C)O.CC(C)(C)OO.CC(C)(C)OOC(C)(C)C.O. The molecule has 0 heterocycles. The number of rotatable bonds is 1. The van der Waals surface area contributed by atoms with Gasteiger partial charge in [-0.05, 0) is 83.1 Å². The van der Waals surface area contributed by atoms with Crippen LogP contribution in [0.15, 0.2) is 0 Å². The Hall–Kier alpha value is -0.240. The largest absolute Gasteiger partial charge is 0.412 e. The third-order valence-electron chi connectivity index (χ3n) is 0.816. The zero-order valence-electron chi connectivity index (χ0n) is 16.6. The van der Waals surface area contributed by atoms with Gasteiger partial charge in [-0.15, -0.1) is 0 Å². The molecule has 0 spiro atoms.